The van der Waals surface area contributed by atoms with Gasteiger partial charge in [0.25, 0.3) is 5.91 Å². The van der Waals surface area contributed by atoms with Crippen LogP contribution < -0.4 is 5.32 Å². The molecule has 0 spiro atoms. The molecule has 140 valence electrons. The average molecular weight is 371 g/mol. The number of benzene rings is 1. The predicted molar refractivity (Wildman–Crippen MR) is 108 cm³/mol. The quantitative estimate of drug-likeness (QED) is 0.583. The smallest absolute Gasteiger partial charge is 0.257 e. The van der Waals surface area contributed by atoms with Crippen molar-refractivity contribution in [2.24, 2.45) is 0 Å². The molecule has 1 amide bonds. The highest BCUT2D eigenvalue weighted by atomic mass is 16.1. The molecule has 6 heteroatoms. The molecule has 3 heterocycles. The van der Waals surface area contributed by atoms with Crippen LogP contribution in [0.5, 0.6) is 0 Å². The van der Waals surface area contributed by atoms with Crippen LogP contribution in [0.15, 0.2) is 73.2 Å². The number of amides is 1. The maximum absolute atomic E-state index is 13.1. The van der Waals surface area contributed by atoms with Crippen LogP contribution in [0, 0.1) is 13.8 Å². The van der Waals surface area contributed by atoms with Gasteiger partial charge in [-0.1, -0.05) is 18.2 Å². The number of hydrogen-bond donors (Lipinski definition) is 1. The zero-order chi connectivity index (χ0) is 19.5. The van der Waals surface area contributed by atoms with E-state index in [0.29, 0.717) is 23.6 Å². The van der Waals surface area contributed by atoms with E-state index in [1.807, 2.05) is 84.0 Å². The number of hydrogen-bond acceptors (Lipinski definition) is 3. The van der Waals surface area contributed by atoms with Crippen LogP contribution in [0.3, 0.4) is 0 Å². The summed E-state index contributed by atoms with van der Waals surface area (Å²) in [6.45, 7) is 4.25. The highest BCUT2D eigenvalue weighted by molar-refractivity contribution is 5.98. The first-order valence-electron chi connectivity index (χ1n) is 9.11. The van der Waals surface area contributed by atoms with Crippen LogP contribution in [0.25, 0.3) is 11.5 Å². The van der Waals surface area contributed by atoms with Gasteiger partial charge in [0.1, 0.15) is 5.56 Å². The van der Waals surface area contributed by atoms with E-state index in [0.717, 1.165) is 16.9 Å². The fourth-order valence-electron chi connectivity index (χ4n) is 3.20. The molecular weight excluding hydrogens is 350 g/mol. The summed E-state index contributed by atoms with van der Waals surface area (Å²) in [6.07, 6.45) is 5.55. The van der Waals surface area contributed by atoms with Crippen molar-refractivity contribution in [1.82, 2.24) is 24.6 Å². The van der Waals surface area contributed by atoms with Crippen LogP contribution in [0.2, 0.25) is 0 Å². The Balaban J connectivity index is 1.75. The number of nitrogens with zero attached hydrogens (tertiary/aromatic N) is 4. The lowest BCUT2D eigenvalue weighted by Crippen LogP contribution is -2.25. The molecule has 1 N–H and O–H groups in total. The molecule has 0 aliphatic heterocycles. The minimum Gasteiger partial charge on any atom is -0.346 e. The molecule has 4 aromatic rings. The second-order valence-electron chi connectivity index (χ2n) is 6.63. The molecule has 0 fully saturated rings. The summed E-state index contributed by atoms with van der Waals surface area (Å²) in [5.41, 5.74) is 4.07. The molecule has 0 bridgehead atoms. The molecule has 4 rings (SSSR count). The van der Waals surface area contributed by atoms with Crippen molar-refractivity contribution in [1.29, 1.82) is 0 Å². The van der Waals surface area contributed by atoms with E-state index in [-0.39, 0.29) is 5.91 Å². The maximum Gasteiger partial charge on any atom is 0.257 e. The van der Waals surface area contributed by atoms with Crippen LogP contribution >= 0.6 is 0 Å². The van der Waals surface area contributed by atoms with Crippen molar-refractivity contribution >= 4 is 5.91 Å². The van der Waals surface area contributed by atoms with Gasteiger partial charge in [-0.05, 0) is 55.8 Å². The zero-order valence-electron chi connectivity index (χ0n) is 15.8. The monoisotopic (exact) mass is 371 g/mol. The number of carbonyl (C=O) groups excluding carboxylic acids is 1. The highest BCUT2D eigenvalue weighted by Gasteiger charge is 2.23. The van der Waals surface area contributed by atoms with Crippen molar-refractivity contribution in [3.63, 3.8) is 0 Å². The molecular formula is C22H21N5O. The molecule has 0 aliphatic carbocycles. The Morgan fingerprint density at radius 2 is 1.86 bits per heavy atom. The molecule has 0 saturated heterocycles. The van der Waals surface area contributed by atoms with Crippen LogP contribution in [0.4, 0.5) is 0 Å². The van der Waals surface area contributed by atoms with Crippen LogP contribution in [0.1, 0.15) is 27.3 Å². The Morgan fingerprint density at radius 1 is 1.04 bits per heavy atom. The van der Waals surface area contributed by atoms with Crippen LogP contribution in [-0.4, -0.2) is 25.2 Å². The van der Waals surface area contributed by atoms with Gasteiger partial charge in [-0.3, -0.25) is 9.78 Å². The fourth-order valence-corrected chi connectivity index (χ4v) is 3.20. The lowest BCUT2D eigenvalue weighted by atomic mass is 10.2. The number of nitrogens with one attached hydrogen (secondary N) is 1. The average Bonchev–Trinajstić information content (AvgIpc) is 3.34. The molecule has 6 nitrogen and oxygen atoms in total. The molecule has 28 heavy (non-hydrogen) atoms. The number of aryl methyl sites for hydroxylation is 2. The topological polar surface area (TPSA) is 64.7 Å². The molecule has 0 aliphatic rings. The normalized spacial score (nSPS) is 10.8. The third-order valence-electron chi connectivity index (χ3n) is 4.51. The number of aromatic nitrogens is 4. The van der Waals surface area contributed by atoms with Gasteiger partial charge < -0.3 is 9.88 Å². The Kier molecular flexibility index (Phi) is 4.76. The molecule has 1 aromatic carbocycles. The number of carbonyl (C=O) groups is 1. The Hall–Kier alpha value is -3.67. The predicted octanol–water partition coefficient (Wildman–Crippen LogP) is 3.60. The van der Waals surface area contributed by atoms with Gasteiger partial charge in [-0.25, -0.2) is 4.68 Å². The second-order valence-corrected chi connectivity index (χ2v) is 6.63. The summed E-state index contributed by atoms with van der Waals surface area (Å²) in [6, 6.07) is 17.6. The van der Waals surface area contributed by atoms with Gasteiger partial charge in [0.15, 0.2) is 5.82 Å². The first kappa shape index (κ1) is 17.7. The summed E-state index contributed by atoms with van der Waals surface area (Å²) in [4.78, 5) is 17.3. The summed E-state index contributed by atoms with van der Waals surface area (Å²) in [7, 11) is 0. The molecule has 0 atom stereocenters. The van der Waals surface area contributed by atoms with E-state index in [2.05, 4.69) is 21.5 Å². The first-order valence-corrected chi connectivity index (χ1v) is 9.11. The van der Waals surface area contributed by atoms with Gasteiger partial charge in [-0.2, -0.15) is 5.10 Å². The minimum absolute atomic E-state index is 0.175. The summed E-state index contributed by atoms with van der Waals surface area (Å²) < 4.78 is 3.73. The summed E-state index contributed by atoms with van der Waals surface area (Å²) in [5, 5.41) is 7.64. The van der Waals surface area contributed by atoms with Crippen molar-refractivity contribution in [3.8, 4) is 11.5 Å². The summed E-state index contributed by atoms with van der Waals surface area (Å²) >= 11 is 0. The van der Waals surface area contributed by atoms with Gasteiger partial charge in [0.05, 0.1) is 23.6 Å². The first-order chi connectivity index (χ1) is 13.6. The molecule has 0 radical (unpaired) electrons. The zero-order valence-corrected chi connectivity index (χ0v) is 15.8. The van der Waals surface area contributed by atoms with E-state index in [4.69, 9.17) is 0 Å². The minimum atomic E-state index is -0.175. The molecule has 0 unspecified atom stereocenters. The SMILES string of the molecule is Cc1cccc(-n2nc(C)c(C(=O)NCc3ccccn3)c2-n2cccc2)c1. The Morgan fingerprint density at radius 3 is 2.57 bits per heavy atom. The summed E-state index contributed by atoms with van der Waals surface area (Å²) in [5.74, 6) is 0.539. The second kappa shape index (κ2) is 7.52. The van der Waals surface area contributed by atoms with Crippen molar-refractivity contribution in [3.05, 3.63) is 95.7 Å². The van der Waals surface area contributed by atoms with Gasteiger partial charge in [0, 0.05) is 18.6 Å². The van der Waals surface area contributed by atoms with Crippen molar-refractivity contribution in [2.75, 3.05) is 0 Å². The fraction of sp³-hybridized carbons (Fsp3) is 0.136. The van der Waals surface area contributed by atoms with Crippen molar-refractivity contribution in [2.45, 2.75) is 20.4 Å². The van der Waals surface area contributed by atoms with Crippen LogP contribution in [-0.2, 0) is 6.54 Å². The van der Waals surface area contributed by atoms with Crippen molar-refractivity contribution < 1.29 is 4.79 Å². The standard InChI is InChI=1S/C22H21N5O/c1-16-8-7-10-19(14-16)27-22(26-12-5-6-13-26)20(17(2)25-27)21(28)24-15-18-9-3-4-11-23-18/h3-14H,15H2,1-2H3,(H,24,28). The number of rotatable bonds is 5. The van der Waals surface area contributed by atoms with E-state index in [1.165, 1.54) is 0 Å². The third kappa shape index (κ3) is 3.44. The maximum atomic E-state index is 13.1. The van der Waals surface area contributed by atoms with E-state index >= 15 is 0 Å². The van der Waals surface area contributed by atoms with E-state index < -0.39 is 0 Å². The molecule has 3 aromatic heterocycles. The van der Waals surface area contributed by atoms with Gasteiger partial charge in [-0.15, -0.1) is 0 Å². The third-order valence-corrected chi connectivity index (χ3v) is 4.51. The largest absolute Gasteiger partial charge is 0.346 e. The highest BCUT2D eigenvalue weighted by Crippen LogP contribution is 2.23. The lowest BCUT2D eigenvalue weighted by Gasteiger charge is -2.12. The Bertz CT molecular complexity index is 1100. The Labute approximate surface area is 163 Å². The number of pyridine rings is 1. The molecule has 0 saturated carbocycles. The van der Waals surface area contributed by atoms with E-state index in [9.17, 15) is 4.79 Å². The van der Waals surface area contributed by atoms with Gasteiger partial charge >= 0.3 is 0 Å². The van der Waals surface area contributed by atoms with Gasteiger partial charge in [0.2, 0.25) is 0 Å². The van der Waals surface area contributed by atoms with E-state index in [1.54, 1.807) is 6.20 Å². The lowest BCUT2D eigenvalue weighted by molar-refractivity contribution is 0.0950.